The van der Waals surface area contributed by atoms with Gasteiger partial charge in [-0.25, -0.2) is 13.2 Å². The predicted octanol–water partition coefficient (Wildman–Crippen LogP) is 3.58. The molecule has 1 aromatic heterocycles. The summed E-state index contributed by atoms with van der Waals surface area (Å²) in [5.74, 6) is -1.03. The number of aryl methyl sites for hydroxylation is 1. The van der Waals surface area contributed by atoms with Crippen molar-refractivity contribution in [3.8, 4) is 0 Å². The molecule has 0 aliphatic heterocycles. The van der Waals surface area contributed by atoms with Crippen molar-refractivity contribution in [1.29, 1.82) is 0 Å². The van der Waals surface area contributed by atoms with Crippen LogP contribution in [0.15, 0.2) is 35.2 Å². The Morgan fingerprint density at radius 2 is 1.83 bits per heavy atom. The number of hydrogen-bond donors (Lipinski definition) is 0. The van der Waals surface area contributed by atoms with Crippen molar-refractivity contribution < 1.29 is 22.7 Å². The quantitative estimate of drug-likeness (QED) is 0.445. The maximum Gasteiger partial charge on any atom is 0.338 e. The standard InChI is InChI=1S/C22H30N2O5S/c1-7-11-24-16(4)12-20(17(24)5)21(25)14-29-22(26)18-9-8-10-19(13-18)30(27,28)23(6)15(2)3/h8-10,12-13,15H,7,11,14H2,1-6H3. The molecule has 8 heteroatoms. The minimum absolute atomic E-state index is 0.00240. The van der Waals surface area contributed by atoms with Crippen LogP contribution in [0.2, 0.25) is 0 Å². The van der Waals surface area contributed by atoms with Crippen LogP contribution in [0.25, 0.3) is 0 Å². The second-order valence-electron chi connectivity index (χ2n) is 7.58. The van der Waals surface area contributed by atoms with Crippen molar-refractivity contribution in [2.75, 3.05) is 13.7 Å². The van der Waals surface area contributed by atoms with Crippen LogP contribution in [-0.4, -0.2) is 48.7 Å². The molecule has 1 heterocycles. The fourth-order valence-electron chi connectivity index (χ4n) is 3.17. The van der Waals surface area contributed by atoms with E-state index < -0.39 is 22.6 Å². The number of nitrogens with zero attached hydrogens (tertiary/aromatic N) is 2. The van der Waals surface area contributed by atoms with E-state index in [1.165, 1.54) is 35.6 Å². The smallest absolute Gasteiger partial charge is 0.338 e. The first-order valence-electron chi connectivity index (χ1n) is 9.95. The largest absolute Gasteiger partial charge is 0.454 e. The lowest BCUT2D eigenvalue weighted by molar-refractivity contribution is 0.0474. The van der Waals surface area contributed by atoms with E-state index in [1.807, 2.05) is 13.8 Å². The molecule has 1 aromatic carbocycles. The van der Waals surface area contributed by atoms with E-state index in [4.69, 9.17) is 4.74 Å². The van der Waals surface area contributed by atoms with E-state index in [2.05, 4.69) is 11.5 Å². The van der Waals surface area contributed by atoms with Crippen molar-refractivity contribution in [2.24, 2.45) is 0 Å². The van der Waals surface area contributed by atoms with Crippen LogP contribution in [0, 0.1) is 13.8 Å². The van der Waals surface area contributed by atoms with E-state index in [0.29, 0.717) is 5.56 Å². The summed E-state index contributed by atoms with van der Waals surface area (Å²) in [5.41, 5.74) is 2.44. The number of sulfonamides is 1. The van der Waals surface area contributed by atoms with Gasteiger partial charge in [0.05, 0.1) is 10.5 Å². The maximum atomic E-state index is 12.6. The number of hydrogen-bond acceptors (Lipinski definition) is 5. The Morgan fingerprint density at radius 1 is 1.17 bits per heavy atom. The van der Waals surface area contributed by atoms with Crippen LogP contribution in [0.1, 0.15) is 59.3 Å². The van der Waals surface area contributed by atoms with Crippen LogP contribution < -0.4 is 0 Å². The number of rotatable bonds is 9. The minimum atomic E-state index is -3.73. The van der Waals surface area contributed by atoms with Gasteiger partial charge in [-0.3, -0.25) is 4.79 Å². The summed E-state index contributed by atoms with van der Waals surface area (Å²) in [6.45, 7) is 9.81. The maximum absolute atomic E-state index is 12.6. The van der Waals surface area contributed by atoms with Gasteiger partial charge in [0.2, 0.25) is 15.8 Å². The van der Waals surface area contributed by atoms with Gasteiger partial charge < -0.3 is 9.30 Å². The lowest BCUT2D eigenvalue weighted by atomic mass is 10.1. The fraction of sp³-hybridized carbons (Fsp3) is 0.455. The van der Waals surface area contributed by atoms with E-state index in [1.54, 1.807) is 19.9 Å². The van der Waals surface area contributed by atoms with Gasteiger partial charge in [0.15, 0.2) is 6.61 Å². The van der Waals surface area contributed by atoms with E-state index in [9.17, 15) is 18.0 Å². The van der Waals surface area contributed by atoms with Crippen molar-refractivity contribution in [3.05, 3.63) is 52.8 Å². The molecule has 0 saturated carbocycles. The molecule has 0 aliphatic rings. The third-order valence-electron chi connectivity index (χ3n) is 5.13. The summed E-state index contributed by atoms with van der Waals surface area (Å²) in [5, 5.41) is 0. The summed E-state index contributed by atoms with van der Waals surface area (Å²) in [6.07, 6.45) is 0.949. The molecule has 0 aliphatic carbocycles. The predicted molar refractivity (Wildman–Crippen MR) is 115 cm³/mol. The van der Waals surface area contributed by atoms with Crippen LogP contribution in [0.4, 0.5) is 0 Å². The first-order valence-corrected chi connectivity index (χ1v) is 11.4. The van der Waals surface area contributed by atoms with Crippen LogP contribution in [0.3, 0.4) is 0 Å². The Bertz CT molecular complexity index is 1040. The van der Waals surface area contributed by atoms with Gasteiger partial charge in [0.1, 0.15) is 0 Å². The van der Waals surface area contributed by atoms with E-state index >= 15 is 0 Å². The van der Waals surface area contributed by atoms with Crippen molar-refractivity contribution >= 4 is 21.8 Å². The molecule has 2 aromatic rings. The summed E-state index contributed by atoms with van der Waals surface area (Å²) in [6, 6.07) is 7.23. The van der Waals surface area contributed by atoms with Gasteiger partial charge in [0.25, 0.3) is 0 Å². The van der Waals surface area contributed by atoms with Gasteiger partial charge in [-0.1, -0.05) is 13.0 Å². The third-order valence-corrected chi connectivity index (χ3v) is 7.16. The number of Topliss-reactive ketones (excluding diaryl/α,β-unsaturated/α-hetero) is 1. The molecule has 0 atom stereocenters. The van der Waals surface area contributed by atoms with E-state index in [0.717, 1.165) is 24.4 Å². The monoisotopic (exact) mass is 434 g/mol. The molecule has 2 rings (SSSR count). The second kappa shape index (κ2) is 9.57. The molecule has 0 bridgehead atoms. The van der Waals surface area contributed by atoms with Gasteiger partial charge in [-0.2, -0.15) is 4.31 Å². The van der Waals surface area contributed by atoms with Gasteiger partial charge in [-0.15, -0.1) is 0 Å². The third kappa shape index (κ3) is 4.99. The molecule has 0 radical (unpaired) electrons. The number of carbonyl (C=O) groups excluding carboxylic acids is 2. The highest BCUT2D eigenvalue weighted by atomic mass is 32.2. The molecule has 0 fully saturated rings. The lowest BCUT2D eigenvalue weighted by Crippen LogP contribution is -2.33. The van der Waals surface area contributed by atoms with Crippen LogP contribution >= 0.6 is 0 Å². The Labute approximate surface area is 178 Å². The van der Waals surface area contributed by atoms with Crippen molar-refractivity contribution in [2.45, 2.75) is 58.5 Å². The Kier molecular flexibility index (Phi) is 7.60. The van der Waals surface area contributed by atoms with Gasteiger partial charge in [-0.05, 0) is 58.4 Å². The minimum Gasteiger partial charge on any atom is -0.454 e. The zero-order valence-corrected chi connectivity index (χ0v) is 19.2. The fourth-order valence-corrected chi connectivity index (χ4v) is 4.58. The van der Waals surface area contributed by atoms with Gasteiger partial charge >= 0.3 is 5.97 Å². The molecule has 30 heavy (non-hydrogen) atoms. The normalized spacial score (nSPS) is 11.9. The number of carbonyl (C=O) groups is 2. The summed E-state index contributed by atoms with van der Waals surface area (Å²) < 4.78 is 33.8. The topological polar surface area (TPSA) is 85.7 Å². The molecule has 0 saturated heterocycles. The summed E-state index contributed by atoms with van der Waals surface area (Å²) >= 11 is 0. The zero-order valence-electron chi connectivity index (χ0n) is 18.4. The highest BCUT2D eigenvalue weighted by Gasteiger charge is 2.24. The second-order valence-corrected chi connectivity index (χ2v) is 9.58. The van der Waals surface area contributed by atoms with Gasteiger partial charge in [0, 0.05) is 36.6 Å². The summed E-state index contributed by atoms with van der Waals surface area (Å²) in [7, 11) is -2.24. The molecule has 0 unspecified atom stereocenters. The molecular formula is C22H30N2O5S. The first-order chi connectivity index (χ1) is 14.0. The highest BCUT2D eigenvalue weighted by Crippen LogP contribution is 2.19. The molecule has 164 valence electrons. The molecule has 7 nitrogen and oxygen atoms in total. The van der Waals surface area contributed by atoms with Crippen LogP contribution in [0.5, 0.6) is 0 Å². The highest BCUT2D eigenvalue weighted by molar-refractivity contribution is 7.89. The average molecular weight is 435 g/mol. The zero-order chi connectivity index (χ0) is 22.6. The number of esters is 1. The summed E-state index contributed by atoms with van der Waals surface area (Å²) in [4.78, 5) is 25.0. The molecule has 0 N–H and O–H groups in total. The van der Waals surface area contributed by atoms with Crippen molar-refractivity contribution in [1.82, 2.24) is 8.87 Å². The molecular weight excluding hydrogens is 404 g/mol. The van der Waals surface area contributed by atoms with Crippen LogP contribution in [-0.2, 0) is 21.3 Å². The van der Waals surface area contributed by atoms with Crippen molar-refractivity contribution in [3.63, 3.8) is 0 Å². The average Bonchev–Trinajstić information content (AvgIpc) is 2.99. The first kappa shape index (κ1) is 23.8. The number of ether oxygens (including phenoxy) is 1. The SMILES string of the molecule is CCCn1c(C)cc(C(=O)COC(=O)c2cccc(S(=O)(=O)N(C)C(C)C)c2)c1C. The lowest BCUT2D eigenvalue weighted by Gasteiger charge is -2.21. The Hall–Kier alpha value is -2.45. The molecule has 0 spiro atoms. The molecule has 0 amide bonds. The Balaban J connectivity index is 2.14. The number of benzene rings is 1. The number of ketones is 1. The Morgan fingerprint density at radius 3 is 2.43 bits per heavy atom. The number of aromatic nitrogens is 1. The van der Waals surface area contributed by atoms with E-state index in [-0.39, 0.29) is 22.3 Å².